The molecule has 0 bridgehead atoms. The summed E-state index contributed by atoms with van der Waals surface area (Å²) in [7, 11) is 0. The van der Waals surface area contributed by atoms with E-state index < -0.39 is 0 Å². The van der Waals surface area contributed by atoms with E-state index in [0.29, 0.717) is 12.3 Å². The van der Waals surface area contributed by atoms with Gasteiger partial charge in [0.1, 0.15) is 6.10 Å². The number of carbonyl (C=O) groups excluding carboxylic acids is 1. The lowest BCUT2D eigenvalue weighted by molar-refractivity contribution is 0.0911. The maximum atomic E-state index is 11.1. The smallest absolute Gasteiger partial charge is 0.200 e. The predicted octanol–water partition coefficient (Wildman–Crippen LogP) is 5.26. The Morgan fingerprint density at radius 1 is 1.00 bits per heavy atom. The number of nitrogens with two attached hydrogens (primary N) is 2. The fourth-order valence-electron chi connectivity index (χ4n) is 2.84. The number of ketones is 1. The van der Waals surface area contributed by atoms with Crippen molar-refractivity contribution in [1.29, 1.82) is 0 Å². The number of rotatable bonds is 9. The van der Waals surface area contributed by atoms with E-state index in [0.717, 1.165) is 23.2 Å². The van der Waals surface area contributed by atoms with Crippen LogP contribution in [0, 0.1) is 5.92 Å². The van der Waals surface area contributed by atoms with Crippen molar-refractivity contribution in [1.82, 2.24) is 0 Å². The van der Waals surface area contributed by atoms with Crippen molar-refractivity contribution >= 4 is 11.5 Å². The lowest BCUT2D eigenvalue weighted by Gasteiger charge is -2.19. The maximum Gasteiger partial charge on any atom is 0.200 e. The van der Waals surface area contributed by atoms with Crippen LogP contribution in [0.2, 0.25) is 0 Å². The van der Waals surface area contributed by atoms with Crippen LogP contribution in [-0.4, -0.2) is 12.3 Å². The molecule has 5 N–H and O–H groups in total. The van der Waals surface area contributed by atoms with Gasteiger partial charge in [-0.05, 0) is 55.3 Å². The second kappa shape index (κ2) is 12.7. The molecule has 0 aliphatic carbocycles. The first kappa shape index (κ1) is 24.3. The van der Waals surface area contributed by atoms with Gasteiger partial charge in [-0.3, -0.25) is 15.1 Å². The van der Waals surface area contributed by atoms with E-state index in [2.05, 4.69) is 5.48 Å². The molecule has 1 aromatic heterocycles. The minimum atomic E-state index is -0.0739. The van der Waals surface area contributed by atoms with Crippen molar-refractivity contribution < 1.29 is 14.0 Å². The molecule has 3 aromatic rings. The van der Waals surface area contributed by atoms with Crippen molar-refractivity contribution in [3.8, 4) is 0 Å². The first-order valence-electron chi connectivity index (χ1n) is 10.5. The van der Waals surface area contributed by atoms with E-state index in [-0.39, 0.29) is 23.8 Å². The Morgan fingerprint density at radius 2 is 1.71 bits per heavy atom. The van der Waals surface area contributed by atoms with E-state index in [1.807, 2.05) is 75.4 Å². The summed E-state index contributed by atoms with van der Waals surface area (Å²) >= 11 is 0. The monoisotopic (exact) mass is 423 g/mol. The summed E-state index contributed by atoms with van der Waals surface area (Å²) in [5.41, 5.74) is 17.6. The van der Waals surface area contributed by atoms with Crippen LogP contribution >= 0.6 is 0 Å². The Bertz CT molecular complexity index is 893. The van der Waals surface area contributed by atoms with E-state index in [4.69, 9.17) is 20.7 Å². The molecular weight excluding hydrogens is 390 g/mol. The fraction of sp³-hybridized carbons (Fsp3) is 0.320. The molecule has 0 fully saturated rings. The summed E-state index contributed by atoms with van der Waals surface area (Å²) in [6.07, 6.45) is 2.19. The fourth-order valence-corrected chi connectivity index (χ4v) is 2.84. The molecule has 2 aromatic carbocycles. The number of Topliss-reactive ketones (excluding diaryl/α,β-unsaturated/α-hetero) is 1. The molecule has 0 saturated carbocycles. The van der Waals surface area contributed by atoms with Crippen LogP contribution in [0.4, 0.5) is 5.69 Å². The highest BCUT2D eigenvalue weighted by atomic mass is 16.7. The average molecular weight is 424 g/mol. The summed E-state index contributed by atoms with van der Waals surface area (Å²) in [4.78, 5) is 16.9. The Labute approximate surface area is 184 Å². The predicted molar refractivity (Wildman–Crippen MR) is 124 cm³/mol. The van der Waals surface area contributed by atoms with Gasteiger partial charge in [-0.25, -0.2) is 0 Å². The topological polar surface area (TPSA) is 104 Å². The zero-order valence-corrected chi connectivity index (χ0v) is 18.5. The molecule has 0 amide bonds. The van der Waals surface area contributed by atoms with Crippen LogP contribution in [0.1, 0.15) is 61.0 Å². The number of nitrogens with one attached hydrogen (secondary N) is 1. The minimum Gasteiger partial charge on any atom is -0.461 e. The van der Waals surface area contributed by atoms with Gasteiger partial charge in [-0.2, -0.15) is 0 Å². The zero-order chi connectivity index (χ0) is 22.6. The Morgan fingerprint density at radius 3 is 2.29 bits per heavy atom. The average Bonchev–Trinajstić information content (AvgIpc) is 3.32. The van der Waals surface area contributed by atoms with Gasteiger partial charge < -0.3 is 15.9 Å². The summed E-state index contributed by atoms with van der Waals surface area (Å²) in [5, 5.41) is 0. The number of hydrogen-bond donors (Lipinski definition) is 3. The van der Waals surface area contributed by atoms with Crippen molar-refractivity contribution in [2.75, 3.05) is 12.0 Å². The highest BCUT2D eigenvalue weighted by Gasteiger charge is 2.12. The Balaban J connectivity index is 0.000000285. The molecular formula is C25H33N3O3. The quantitative estimate of drug-likeness (QED) is 0.320. The molecule has 6 heteroatoms. The third-order valence-electron chi connectivity index (χ3n) is 4.62. The maximum absolute atomic E-state index is 11.1. The van der Waals surface area contributed by atoms with Crippen LogP contribution in [0.5, 0.6) is 0 Å². The van der Waals surface area contributed by atoms with Gasteiger partial charge >= 0.3 is 0 Å². The first-order valence-corrected chi connectivity index (χ1v) is 10.5. The lowest BCUT2D eigenvalue weighted by atomic mass is 10.1. The van der Waals surface area contributed by atoms with Crippen molar-refractivity contribution in [2.24, 2.45) is 17.4 Å². The van der Waals surface area contributed by atoms with Crippen molar-refractivity contribution in [3.63, 3.8) is 0 Å². The summed E-state index contributed by atoms with van der Waals surface area (Å²) in [6.45, 7) is 6.23. The molecule has 6 nitrogen and oxygen atoms in total. The molecule has 3 rings (SSSR count). The van der Waals surface area contributed by atoms with E-state index >= 15 is 0 Å². The van der Waals surface area contributed by atoms with Gasteiger partial charge in [-0.1, -0.05) is 56.3 Å². The Hall–Kier alpha value is -2.93. The molecule has 0 spiro atoms. The number of hydrogen-bond acceptors (Lipinski definition) is 6. The summed E-state index contributed by atoms with van der Waals surface area (Å²) < 4.78 is 4.91. The van der Waals surface area contributed by atoms with Gasteiger partial charge in [0, 0.05) is 12.0 Å². The number of benzene rings is 2. The Kier molecular flexibility index (Phi) is 9.97. The molecule has 0 saturated heterocycles. The normalized spacial score (nSPS) is 12.6. The molecule has 2 unspecified atom stereocenters. The molecule has 166 valence electrons. The highest BCUT2D eigenvalue weighted by molar-refractivity contribution is 5.94. The van der Waals surface area contributed by atoms with Crippen LogP contribution in [0.3, 0.4) is 0 Å². The van der Waals surface area contributed by atoms with Crippen LogP contribution in [0.25, 0.3) is 0 Å². The highest BCUT2D eigenvalue weighted by Crippen LogP contribution is 2.22. The second-order valence-electron chi connectivity index (χ2n) is 7.61. The van der Waals surface area contributed by atoms with E-state index in [1.54, 1.807) is 12.1 Å². The van der Waals surface area contributed by atoms with Gasteiger partial charge in [0.2, 0.25) is 0 Å². The van der Waals surface area contributed by atoms with Gasteiger partial charge in [0.05, 0.1) is 12.0 Å². The van der Waals surface area contributed by atoms with Crippen LogP contribution < -0.4 is 16.9 Å². The number of anilines is 1. The second-order valence-corrected chi connectivity index (χ2v) is 7.61. The third-order valence-corrected chi connectivity index (χ3v) is 4.62. The molecule has 2 atom stereocenters. The summed E-state index contributed by atoms with van der Waals surface area (Å²) in [5.74, 6) is 0.533. The molecule has 31 heavy (non-hydrogen) atoms. The SMILES string of the molecule is CC(C)C(=O)c1ccco1.CC(N)c1cccc(NOC(CCN)c2ccccc2)c1. The van der Waals surface area contributed by atoms with Gasteiger partial charge in [0.15, 0.2) is 11.5 Å². The standard InChI is InChI=1S/C17H23N3O.C8H10O2/c1-13(19)15-8-5-9-16(12-15)20-21-17(10-11-18)14-6-3-2-4-7-14;1-6(2)8(9)7-4-3-5-10-7/h2-9,12-13,17,20H,10-11,18-19H2,1H3;3-6H,1-2H3. The minimum absolute atomic E-state index is 0.000659. The largest absolute Gasteiger partial charge is 0.461 e. The van der Waals surface area contributed by atoms with Crippen LogP contribution in [0.15, 0.2) is 77.4 Å². The van der Waals surface area contributed by atoms with Gasteiger partial charge in [0.25, 0.3) is 0 Å². The van der Waals surface area contributed by atoms with Crippen molar-refractivity contribution in [3.05, 3.63) is 89.9 Å². The summed E-state index contributed by atoms with van der Waals surface area (Å²) in [6, 6.07) is 21.4. The van der Waals surface area contributed by atoms with E-state index in [9.17, 15) is 4.79 Å². The number of furan rings is 1. The van der Waals surface area contributed by atoms with Gasteiger partial charge in [-0.15, -0.1) is 0 Å². The van der Waals surface area contributed by atoms with Crippen molar-refractivity contribution in [2.45, 2.75) is 39.3 Å². The van der Waals surface area contributed by atoms with E-state index in [1.165, 1.54) is 6.26 Å². The molecule has 0 radical (unpaired) electrons. The third kappa shape index (κ3) is 8.02. The molecule has 0 aliphatic heterocycles. The first-order chi connectivity index (χ1) is 14.9. The number of carbonyl (C=O) groups is 1. The lowest BCUT2D eigenvalue weighted by Crippen LogP contribution is -2.14. The zero-order valence-electron chi connectivity index (χ0n) is 18.5. The molecule has 1 heterocycles. The van der Waals surface area contributed by atoms with Crippen LogP contribution in [-0.2, 0) is 4.84 Å². The molecule has 0 aliphatic rings.